The summed E-state index contributed by atoms with van der Waals surface area (Å²) in [4.78, 5) is 30.5. The van der Waals surface area contributed by atoms with Crippen LogP contribution in [0.2, 0.25) is 0 Å². The summed E-state index contributed by atoms with van der Waals surface area (Å²) in [5.74, 6) is 1.37. The lowest BCUT2D eigenvalue weighted by Crippen LogP contribution is -2.48. The number of aromatic nitrogens is 1. The Morgan fingerprint density at radius 1 is 0.923 bits per heavy atom. The zero-order valence-corrected chi connectivity index (χ0v) is 22.4. The highest BCUT2D eigenvalue weighted by atomic mass is 16.5. The number of carbonyl (C=O) groups excluding carboxylic acids is 2. The number of carbonyl (C=O) groups is 2. The van der Waals surface area contributed by atoms with Gasteiger partial charge in [0.2, 0.25) is 5.91 Å². The molecular weight excluding hydrogens is 488 g/mol. The molecule has 0 bridgehead atoms. The first-order valence-electron chi connectivity index (χ1n) is 13.4. The van der Waals surface area contributed by atoms with Gasteiger partial charge in [-0.3, -0.25) is 4.79 Å². The third-order valence-corrected chi connectivity index (χ3v) is 6.89. The zero-order valence-electron chi connectivity index (χ0n) is 22.4. The first kappa shape index (κ1) is 26.1. The average Bonchev–Trinajstić information content (AvgIpc) is 3.42. The van der Waals surface area contributed by atoms with E-state index in [4.69, 9.17) is 4.74 Å². The van der Waals surface area contributed by atoms with E-state index in [2.05, 4.69) is 16.0 Å². The number of anilines is 1. The molecule has 4 aromatic rings. The van der Waals surface area contributed by atoms with Gasteiger partial charge in [-0.05, 0) is 73.0 Å². The minimum atomic E-state index is -0.288. The summed E-state index contributed by atoms with van der Waals surface area (Å²) in [5, 5.41) is 2.96. The van der Waals surface area contributed by atoms with Gasteiger partial charge in [-0.1, -0.05) is 49.4 Å². The summed E-state index contributed by atoms with van der Waals surface area (Å²) in [6.45, 7) is 5.73. The van der Waals surface area contributed by atoms with Crippen molar-refractivity contribution >= 4 is 17.6 Å². The van der Waals surface area contributed by atoms with Crippen LogP contribution in [0.15, 0.2) is 97.2 Å². The summed E-state index contributed by atoms with van der Waals surface area (Å²) in [5.41, 5.74) is 3.78. The molecule has 1 N–H and O–H groups in total. The van der Waals surface area contributed by atoms with Gasteiger partial charge in [0.05, 0.1) is 6.04 Å². The maximum absolute atomic E-state index is 13.8. The van der Waals surface area contributed by atoms with Gasteiger partial charge in [0, 0.05) is 37.2 Å². The molecule has 1 aromatic heterocycles. The van der Waals surface area contributed by atoms with E-state index < -0.39 is 0 Å². The van der Waals surface area contributed by atoms with Crippen LogP contribution in [0.25, 0.3) is 0 Å². The molecule has 5 rings (SSSR count). The van der Waals surface area contributed by atoms with Crippen LogP contribution in [0.4, 0.5) is 10.5 Å². The van der Waals surface area contributed by atoms with Crippen molar-refractivity contribution in [3.8, 4) is 11.5 Å². The van der Waals surface area contributed by atoms with E-state index in [-0.39, 0.29) is 24.5 Å². The predicted octanol–water partition coefficient (Wildman–Crippen LogP) is 6.46. The molecule has 200 valence electrons. The molecule has 7 heteroatoms. The number of nitrogens with one attached hydrogen (secondary N) is 1. The molecule has 0 spiro atoms. The van der Waals surface area contributed by atoms with Crippen LogP contribution in [-0.4, -0.2) is 45.9 Å². The number of urea groups is 1. The Bertz CT molecular complexity index is 1430. The molecule has 1 atom stereocenters. The first-order valence-corrected chi connectivity index (χ1v) is 13.4. The molecule has 0 unspecified atom stereocenters. The van der Waals surface area contributed by atoms with Crippen molar-refractivity contribution in [3.05, 3.63) is 114 Å². The fraction of sp³-hybridized carbons (Fsp3) is 0.250. The van der Waals surface area contributed by atoms with Crippen molar-refractivity contribution < 1.29 is 14.3 Å². The maximum Gasteiger partial charge on any atom is 0.322 e. The second-order valence-electron chi connectivity index (χ2n) is 9.82. The van der Waals surface area contributed by atoms with Gasteiger partial charge in [-0.25, -0.2) is 4.79 Å². The molecule has 7 nitrogen and oxygen atoms in total. The lowest BCUT2D eigenvalue weighted by atomic mass is 9.99. The fourth-order valence-electron chi connectivity index (χ4n) is 5.08. The number of benzene rings is 3. The van der Waals surface area contributed by atoms with Crippen LogP contribution in [0.5, 0.6) is 11.5 Å². The van der Waals surface area contributed by atoms with Crippen LogP contribution < -0.4 is 10.1 Å². The average molecular weight is 523 g/mol. The van der Waals surface area contributed by atoms with Crippen molar-refractivity contribution in [3.63, 3.8) is 0 Å². The number of hydrogen-bond donors (Lipinski definition) is 1. The van der Waals surface area contributed by atoms with Crippen molar-refractivity contribution in [1.82, 2.24) is 14.4 Å². The predicted molar refractivity (Wildman–Crippen MR) is 153 cm³/mol. The molecule has 0 radical (unpaired) electrons. The molecule has 3 aromatic carbocycles. The van der Waals surface area contributed by atoms with E-state index in [1.165, 1.54) is 0 Å². The maximum atomic E-state index is 13.8. The number of para-hydroxylation sites is 1. The number of rotatable bonds is 8. The summed E-state index contributed by atoms with van der Waals surface area (Å²) in [6.07, 6.45) is 2.80. The van der Waals surface area contributed by atoms with Crippen molar-refractivity contribution in [2.24, 2.45) is 0 Å². The van der Waals surface area contributed by atoms with Crippen LogP contribution in [-0.2, 0) is 11.3 Å². The Morgan fingerprint density at radius 3 is 2.51 bits per heavy atom. The summed E-state index contributed by atoms with van der Waals surface area (Å²) in [6, 6.07) is 28.7. The van der Waals surface area contributed by atoms with E-state index in [0.717, 1.165) is 34.7 Å². The van der Waals surface area contributed by atoms with Crippen LogP contribution in [0.1, 0.15) is 36.2 Å². The number of aryl methyl sites for hydroxylation is 1. The first-order chi connectivity index (χ1) is 19.0. The minimum Gasteiger partial charge on any atom is -0.457 e. The monoisotopic (exact) mass is 522 g/mol. The highest BCUT2D eigenvalue weighted by Crippen LogP contribution is 2.35. The molecule has 1 aliphatic heterocycles. The largest absolute Gasteiger partial charge is 0.457 e. The lowest BCUT2D eigenvalue weighted by Gasteiger charge is -2.38. The Balaban J connectivity index is 1.38. The van der Waals surface area contributed by atoms with Gasteiger partial charge in [-0.15, -0.1) is 0 Å². The standard InChI is InChI=1S/C32H34N4O3/c1-3-17-35(32(38)33-26-12-7-10-24(2)21-26)23-30(37)36-20-19-34-18-9-16-29(34)31(36)25-11-8-15-28(22-25)39-27-13-5-4-6-14-27/h4-16,18,21-22,31H,3,17,19-20,23H2,1-2H3,(H,33,38)/t31-/m1/s1. The highest BCUT2D eigenvalue weighted by Gasteiger charge is 2.33. The molecular formula is C32H34N4O3. The Hall–Kier alpha value is -4.52. The van der Waals surface area contributed by atoms with Gasteiger partial charge < -0.3 is 24.4 Å². The molecule has 0 saturated carbocycles. The summed E-state index contributed by atoms with van der Waals surface area (Å²) >= 11 is 0. The minimum absolute atomic E-state index is 0.00288. The van der Waals surface area contributed by atoms with Gasteiger partial charge in [0.15, 0.2) is 0 Å². The lowest BCUT2D eigenvalue weighted by molar-refractivity contribution is -0.134. The molecule has 3 amide bonds. The molecule has 0 aliphatic carbocycles. The number of ether oxygens (including phenoxy) is 1. The molecule has 0 fully saturated rings. The van der Waals surface area contributed by atoms with Crippen LogP contribution in [0.3, 0.4) is 0 Å². The Labute approximate surface area is 229 Å². The Kier molecular flexibility index (Phi) is 7.96. The van der Waals surface area contributed by atoms with Crippen molar-refractivity contribution in [2.75, 3.05) is 25.0 Å². The number of hydrogen-bond acceptors (Lipinski definition) is 3. The number of fused-ring (bicyclic) bond motifs is 1. The van der Waals surface area contributed by atoms with E-state index in [1.54, 1.807) is 4.90 Å². The third-order valence-electron chi connectivity index (χ3n) is 6.89. The van der Waals surface area contributed by atoms with E-state index >= 15 is 0 Å². The quantitative estimate of drug-likeness (QED) is 0.289. The topological polar surface area (TPSA) is 66.8 Å². The molecule has 39 heavy (non-hydrogen) atoms. The second kappa shape index (κ2) is 11.9. The van der Waals surface area contributed by atoms with Crippen molar-refractivity contribution in [2.45, 2.75) is 32.9 Å². The van der Waals surface area contributed by atoms with Gasteiger partial charge in [-0.2, -0.15) is 0 Å². The van der Waals surface area contributed by atoms with Gasteiger partial charge >= 0.3 is 6.03 Å². The van der Waals surface area contributed by atoms with Gasteiger partial charge in [0.1, 0.15) is 18.0 Å². The smallest absolute Gasteiger partial charge is 0.322 e. The summed E-state index contributed by atoms with van der Waals surface area (Å²) < 4.78 is 8.28. The van der Waals surface area contributed by atoms with E-state index in [9.17, 15) is 9.59 Å². The normalized spacial score (nSPS) is 14.4. The van der Waals surface area contributed by atoms with Crippen LogP contribution in [0, 0.1) is 6.92 Å². The third kappa shape index (κ3) is 6.14. The highest BCUT2D eigenvalue weighted by molar-refractivity contribution is 5.92. The number of amides is 3. The van der Waals surface area contributed by atoms with E-state index in [1.807, 2.05) is 110 Å². The Morgan fingerprint density at radius 2 is 1.72 bits per heavy atom. The van der Waals surface area contributed by atoms with E-state index in [0.29, 0.717) is 25.4 Å². The summed E-state index contributed by atoms with van der Waals surface area (Å²) in [7, 11) is 0. The molecule has 1 aliphatic rings. The fourth-order valence-corrected chi connectivity index (χ4v) is 5.08. The van der Waals surface area contributed by atoms with Crippen LogP contribution >= 0.6 is 0 Å². The second-order valence-corrected chi connectivity index (χ2v) is 9.82. The zero-order chi connectivity index (χ0) is 27.2. The molecule has 2 heterocycles. The van der Waals surface area contributed by atoms with Crippen molar-refractivity contribution in [1.29, 1.82) is 0 Å². The molecule has 0 saturated heterocycles. The van der Waals surface area contributed by atoms with Gasteiger partial charge in [0.25, 0.3) is 0 Å². The SMILES string of the molecule is CCCN(CC(=O)N1CCn2cccc2[C@H]1c1cccc(Oc2ccccc2)c1)C(=O)Nc1cccc(C)c1. The number of nitrogens with zero attached hydrogens (tertiary/aromatic N) is 3.